The molecule has 2 aromatic rings. The summed E-state index contributed by atoms with van der Waals surface area (Å²) in [6.07, 6.45) is 1.63. The second-order valence-electron chi connectivity index (χ2n) is 4.71. The fraction of sp³-hybridized carbons (Fsp3) is 0.200. The summed E-state index contributed by atoms with van der Waals surface area (Å²) in [4.78, 5) is 16.4. The van der Waals surface area contributed by atoms with Gasteiger partial charge in [-0.25, -0.2) is 4.98 Å². The van der Waals surface area contributed by atoms with Crippen molar-refractivity contribution >= 4 is 33.2 Å². The van der Waals surface area contributed by atoms with Crippen molar-refractivity contribution < 1.29 is 4.79 Å². The van der Waals surface area contributed by atoms with Crippen LogP contribution in [0.4, 0.5) is 11.4 Å². The lowest BCUT2D eigenvalue weighted by Gasteiger charge is -2.13. The third kappa shape index (κ3) is 3.36. The van der Waals surface area contributed by atoms with Crippen LogP contribution in [0.1, 0.15) is 24.0 Å². The van der Waals surface area contributed by atoms with Crippen LogP contribution in [0.5, 0.6) is 0 Å². The zero-order valence-electron chi connectivity index (χ0n) is 11.4. The van der Waals surface area contributed by atoms with Crippen molar-refractivity contribution in [1.29, 1.82) is 0 Å². The molecule has 1 aromatic carbocycles. The van der Waals surface area contributed by atoms with Crippen LogP contribution in [0.2, 0.25) is 0 Å². The van der Waals surface area contributed by atoms with Crippen LogP contribution in [-0.4, -0.2) is 10.9 Å². The lowest BCUT2D eigenvalue weighted by atomic mass is 10.00. The number of carbonyl (C=O) groups is 1. The van der Waals surface area contributed by atoms with Crippen LogP contribution in [0.3, 0.4) is 0 Å². The minimum Gasteiger partial charge on any atom is -0.399 e. The highest BCUT2D eigenvalue weighted by Gasteiger charge is 2.15. The van der Waals surface area contributed by atoms with E-state index in [0.29, 0.717) is 11.4 Å². The van der Waals surface area contributed by atoms with E-state index in [1.165, 1.54) is 0 Å². The van der Waals surface area contributed by atoms with Crippen molar-refractivity contribution in [2.24, 2.45) is 0 Å². The fourth-order valence-electron chi connectivity index (χ4n) is 1.86. The van der Waals surface area contributed by atoms with Gasteiger partial charge in [0.05, 0.1) is 17.8 Å². The molecule has 1 amide bonds. The fourth-order valence-corrected chi connectivity index (χ4v) is 2.07. The number of aryl methyl sites for hydroxylation is 1. The molecule has 0 aliphatic heterocycles. The third-order valence-electron chi connectivity index (χ3n) is 3.09. The Morgan fingerprint density at radius 3 is 2.80 bits per heavy atom. The van der Waals surface area contributed by atoms with E-state index < -0.39 is 0 Å². The van der Waals surface area contributed by atoms with E-state index in [4.69, 9.17) is 5.73 Å². The number of nitrogens with zero attached hydrogens (tertiary/aromatic N) is 1. The molecule has 0 radical (unpaired) electrons. The van der Waals surface area contributed by atoms with Gasteiger partial charge in [0.1, 0.15) is 4.60 Å². The van der Waals surface area contributed by atoms with Crippen molar-refractivity contribution in [3.8, 4) is 0 Å². The standard InChI is InChI=1S/C15H16BrN3O/c1-9-6-13(8-18-14(9)16)19-15(20)10(2)11-4-3-5-12(17)7-11/h3-8,10H,17H2,1-2H3,(H,19,20). The van der Waals surface area contributed by atoms with Gasteiger partial charge < -0.3 is 11.1 Å². The van der Waals surface area contributed by atoms with Gasteiger partial charge >= 0.3 is 0 Å². The summed E-state index contributed by atoms with van der Waals surface area (Å²) in [6, 6.07) is 9.23. The lowest BCUT2D eigenvalue weighted by molar-refractivity contribution is -0.117. The first-order chi connectivity index (χ1) is 9.47. The molecule has 104 valence electrons. The summed E-state index contributed by atoms with van der Waals surface area (Å²) in [6.45, 7) is 3.78. The Labute approximate surface area is 126 Å². The molecule has 0 spiro atoms. The zero-order valence-corrected chi connectivity index (χ0v) is 12.9. The number of halogens is 1. The average Bonchev–Trinajstić information content (AvgIpc) is 2.42. The van der Waals surface area contributed by atoms with Gasteiger partial charge in [-0.05, 0) is 59.1 Å². The maximum Gasteiger partial charge on any atom is 0.231 e. The molecular formula is C15H16BrN3O. The topological polar surface area (TPSA) is 68.0 Å². The first-order valence-electron chi connectivity index (χ1n) is 6.26. The smallest absolute Gasteiger partial charge is 0.231 e. The summed E-state index contributed by atoms with van der Waals surface area (Å²) in [7, 11) is 0. The van der Waals surface area contributed by atoms with Crippen molar-refractivity contribution in [2.75, 3.05) is 11.1 Å². The van der Waals surface area contributed by atoms with E-state index in [-0.39, 0.29) is 11.8 Å². The predicted octanol–water partition coefficient (Wildman–Crippen LogP) is 3.48. The summed E-state index contributed by atoms with van der Waals surface area (Å²) >= 11 is 3.33. The number of anilines is 2. The summed E-state index contributed by atoms with van der Waals surface area (Å²) < 4.78 is 0.777. The van der Waals surface area contributed by atoms with Gasteiger partial charge in [-0.15, -0.1) is 0 Å². The molecule has 3 N–H and O–H groups in total. The monoisotopic (exact) mass is 333 g/mol. The van der Waals surface area contributed by atoms with Gasteiger partial charge in [0.15, 0.2) is 0 Å². The molecular weight excluding hydrogens is 318 g/mol. The van der Waals surface area contributed by atoms with Gasteiger partial charge in [-0.3, -0.25) is 4.79 Å². The number of carbonyl (C=O) groups excluding carboxylic acids is 1. The number of rotatable bonds is 3. The molecule has 2 rings (SSSR count). The number of aromatic nitrogens is 1. The lowest BCUT2D eigenvalue weighted by Crippen LogP contribution is -2.19. The highest BCUT2D eigenvalue weighted by Crippen LogP contribution is 2.21. The van der Waals surface area contributed by atoms with Gasteiger partial charge in [0, 0.05) is 5.69 Å². The number of nitrogen functional groups attached to an aromatic ring is 1. The molecule has 1 unspecified atom stereocenters. The van der Waals surface area contributed by atoms with Gasteiger partial charge in [0.25, 0.3) is 0 Å². The number of nitrogens with one attached hydrogen (secondary N) is 1. The maximum atomic E-state index is 12.2. The first-order valence-corrected chi connectivity index (χ1v) is 7.05. The van der Waals surface area contributed by atoms with Crippen molar-refractivity contribution in [1.82, 2.24) is 4.98 Å². The quantitative estimate of drug-likeness (QED) is 0.667. The molecule has 1 aromatic heterocycles. The third-order valence-corrected chi connectivity index (χ3v) is 3.92. The second kappa shape index (κ2) is 6.05. The largest absolute Gasteiger partial charge is 0.399 e. The molecule has 0 aliphatic carbocycles. The summed E-state index contributed by atoms with van der Waals surface area (Å²) in [5.74, 6) is -0.360. The van der Waals surface area contributed by atoms with Crippen molar-refractivity contribution in [3.05, 3.63) is 52.3 Å². The maximum absolute atomic E-state index is 12.2. The SMILES string of the molecule is Cc1cc(NC(=O)C(C)c2cccc(N)c2)cnc1Br. The van der Waals surface area contributed by atoms with Crippen LogP contribution in [0.25, 0.3) is 0 Å². The minimum atomic E-state index is -0.276. The number of amides is 1. The van der Waals surface area contributed by atoms with E-state index in [0.717, 1.165) is 15.7 Å². The Bertz CT molecular complexity index is 643. The highest BCUT2D eigenvalue weighted by atomic mass is 79.9. The summed E-state index contributed by atoms with van der Waals surface area (Å²) in [5, 5.41) is 2.86. The van der Waals surface area contributed by atoms with Crippen molar-refractivity contribution in [2.45, 2.75) is 19.8 Å². The number of pyridine rings is 1. The van der Waals surface area contributed by atoms with Crippen LogP contribution < -0.4 is 11.1 Å². The molecule has 0 saturated carbocycles. The Balaban J connectivity index is 2.13. The molecule has 1 atom stereocenters. The van der Waals surface area contributed by atoms with E-state index in [2.05, 4.69) is 26.2 Å². The van der Waals surface area contributed by atoms with Crippen LogP contribution >= 0.6 is 15.9 Å². The van der Waals surface area contributed by atoms with E-state index in [1.54, 1.807) is 12.3 Å². The number of benzene rings is 1. The first kappa shape index (κ1) is 14.5. The van der Waals surface area contributed by atoms with E-state index >= 15 is 0 Å². The number of hydrogen-bond donors (Lipinski definition) is 2. The zero-order chi connectivity index (χ0) is 14.7. The van der Waals surface area contributed by atoms with Gasteiger partial charge in [-0.2, -0.15) is 0 Å². The van der Waals surface area contributed by atoms with E-state index in [1.807, 2.05) is 38.1 Å². The van der Waals surface area contributed by atoms with Crippen LogP contribution in [-0.2, 0) is 4.79 Å². The average molecular weight is 334 g/mol. The molecule has 5 heteroatoms. The molecule has 1 heterocycles. The minimum absolute atomic E-state index is 0.0841. The Kier molecular flexibility index (Phi) is 4.39. The summed E-state index contributed by atoms with van der Waals surface area (Å²) in [5.41, 5.74) is 8.95. The molecule has 0 aliphatic rings. The second-order valence-corrected chi connectivity index (χ2v) is 5.46. The van der Waals surface area contributed by atoms with Gasteiger partial charge in [-0.1, -0.05) is 12.1 Å². The molecule has 4 nitrogen and oxygen atoms in total. The number of hydrogen-bond acceptors (Lipinski definition) is 3. The highest BCUT2D eigenvalue weighted by molar-refractivity contribution is 9.10. The van der Waals surface area contributed by atoms with Crippen LogP contribution in [0.15, 0.2) is 41.1 Å². The molecule has 0 saturated heterocycles. The Hall–Kier alpha value is -1.88. The normalized spacial score (nSPS) is 11.9. The van der Waals surface area contributed by atoms with Crippen molar-refractivity contribution in [3.63, 3.8) is 0 Å². The molecule has 0 fully saturated rings. The Morgan fingerprint density at radius 2 is 2.15 bits per heavy atom. The van der Waals surface area contributed by atoms with Crippen LogP contribution in [0, 0.1) is 6.92 Å². The Morgan fingerprint density at radius 1 is 1.40 bits per heavy atom. The number of nitrogens with two attached hydrogens (primary N) is 1. The predicted molar refractivity (Wildman–Crippen MR) is 84.6 cm³/mol. The molecule has 0 bridgehead atoms. The molecule has 20 heavy (non-hydrogen) atoms. The van der Waals surface area contributed by atoms with Gasteiger partial charge in [0.2, 0.25) is 5.91 Å². The van der Waals surface area contributed by atoms with E-state index in [9.17, 15) is 4.79 Å².